The highest BCUT2D eigenvalue weighted by Gasteiger charge is 2.24. The van der Waals surface area contributed by atoms with Crippen LogP contribution < -0.4 is 5.32 Å². The minimum absolute atomic E-state index is 0.536. The molecular weight excluding hydrogens is 324 g/mol. The molecule has 1 saturated heterocycles. The van der Waals surface area contributed by atoms with Crippen LogP contribution in [-0.2, 0) is 48.9 Å². The third-order valence-corrected chi connectivity index (χ3v) is 5.90. The second kappa shape index (κ2) is 7.12. The molecule has 1 atom stereocenters. The molecule has 2 aromatic rings. The van der Waals surface area contributed by atoms with Crippen LogP contribution in [0.5, 0.6) is 0 Å². The summed E-state index contributed by atoms with van der Waals surface area (Å²) in [5.41, 5.74) is 8.28. The van der Waals surface area contributed by atoms with Gasteiger partial charge in [0.25, 0.3) is 0 Å². The van der Waals surface area contributed by atoms with Crippen molar-refractivity contribution >= 4 is 0 Å². The van der Waals surface area contributed by atoms with E-state index in [1.54, 1.807) is 0 Å². The van der Waals surface area contributed by atoms with Crippen LogP contribution in [0.15, 0.2) is 36.4 Å². The van der Waals surface area contributed by atoms with Crippen molar-refractivity contribution in [3.63, 3.8) is 0 Å². The molecule has 5 rings (SSSR count). The third-order valence-electron chi connectivity index (χ3n) is 5.90. The van der Waals surface area contributed by atoms with Gasteiger partial charge >= 0.3 is 0 Å². The van der Waals surface area contributed by atoms with Crippen LogP contribution in [0.1, 0.15) is 33.4 Å². The van der Waals surface area contributed by atoms with Crippen molar-refractivity contribution in [2.45, 2.75) is 45.4 Å². The van der Waals surface area contributed by atoms with Crippen molar-refractivity contribution in [3.05, 3.63) is 69.8 Å². The lowest BCUT2D eigenvalue weighted by Crippen LogP contribution is -2.51. The molecule has 0 aromatic heterocycles. The Bertz CT molecular complexity index is 737. The minimum Gasteiger partial charge on any atom is -0.372 e. The molecule has 0 spiro atoms. The number of ether oxygens (including phenoxy) is 2. The summed E-state index contributed by atoms with van der Waals surface area (Å²) in [5, 5.41) is 3.58. The Morgan fingerprint density at radius 3 is 2.27 bits per heavy atom. The molecule has 2 aromatic carbocycles. The molecule has 0 bridgehead atoms. The molecule has 1 N–H and O–H groups in total. The first-order valence-electron chi connectivity index (χ1n) is 9.67. The fraction of sp³-hybridized carbons (Fsp3) is 0.455. The number of rotatable bonds is 4. The molecule has 0 amide bonds. The van der Waals surface area contributed by atoms with Crippen LogP contribution in [0.25, 0.3) is 0 Å². The summed E-state index contributed by atoms with van der Waals surface area (Å²) in [6.45, 7) is 7.34. The fourth-order valence-electron chi connectivity index (χ4n) is 4.40. The molecule has 136 valence electrons. The number of fused-ring (bicyclic) bond motifs is 2. The van der Waals surface area contributed by atoms with E-state index in [0.29, 0.717) is 6.04 Å². The van der Waals surface area contributed by atoms with Gasteiger partial charge in [0.2, 0.25) is 0 Å². The normalized spacial score (nSPS) is 22.4. The second-order valence-corrected chi connectivity index (χ2v) is 7.72. The van der Waals surface area contributed by atoms with Gasteiger partial charge < -0.3 is 14.8 Å². The predicted octanol–water partition coefficient (Wildman–Crippen LogP) is 2.76. The fourth-order valence-corrected chi connectivity index (χ4v) is 4.40. The van der Waals surface area contributed by atoms with Gasteiger partial charge in [0, 0.05) is 32.2 Å². The molecule has 0 saturated carbocycles. The molecule has 4 heteroatoms. The Kier molecular flexibility index (Phi) is 4.51. The first-order valence-corrected chi connectivity index (χ1v) is 9.67. The molecule has 0 radical (unpaired) electrons. The Morgan fingerprint density at radius 2 is 1.50 bits per heavy atom. The third kappa shape index (κ3) is 3.30. The molecule has 4 nitrogen and oxygen atoms in total. The average molecular weight is 350 g/mol. The molecule has 0 aliphatic carbocycles. The molecule has 26 heavy (non-hydrogen) atoms. The first kappa shape index (κ1) is 16.5. The summed E-state index contributed by atoms with van der Waals surface area (Å²) >= 11 is 0. The second-order valence-electron chi connectivity index (χ2n) is 7.72. The van der Waals surface area contributed by atoms with Gasteiger partial charge in [-0.3, -0.25) is 4.90 Å². The summed E-state index contributed by atoms with van der Waals surface area (Å²) in [4.78, 5) is 2.64. The van der Waals surface area contributed by atoms with Gasteiger partial charge in [-0.2, -0.15) is 0 Å². The van der Waals surface area contributed by atoms with Gasteiger partial charge in [-0.1, -0.05) is 36.4 Å². The first-order chi connectivity index (χ1) is 12.8. The van der Waals surface area contributed by atoms with E-state index in [-0.39, 0.29) is 0 Å². The highest BCUT2D eigenvalue weighted by Crippen LogP contribution is 2.24. The number of hydrogen-bond donors (Lipinski definition) is 1. The molecule has 3 heterocycles. The lowest BCUT2D eigenvalue weighted by atomic mass is 9.98. The number of hydrogen-bond acceptors (Lipinski definition) is 4. The van der Waals surface area contributed by atoms with Crippen molar-refractivity contribution < 1.29 is 9.47 Å². The summed E-state index contributed by atoms with van der Waals surface area (Å²) in [6, 6.07) is 14.3. The van der Waals surface area contributed by atoms with Gasteiger partial charge in [-0.05, 0) is 39.8 Å². The standard InChI is InChI=1S/C22H26N2O2/c1-3-18-12-25-14-20(18)7-16(1)9-22-10-23-5-6-24(22)11-17-2-4-19-13-26-15-21(19)8-17/h1-4,7-8,22-23H,5-6,9-15H2. The van der Waals surface area contributed by atoms with E-state index >= 15 is 0 Å². The zero-order chi connectivity index (χ0) is 17.3. The lowest BCUT2D eigenvalue weighted by molar-refractivity contribution is 0.134. The maximum atomic E-state index is 5.56. The Morgan fingerprint density at radius 1 is 0.846 bits per heavy atom. The molecule has 3 aliphatic rings. The molecular formula is C22H26N2O2. The van der Waals surface area contributed by atoms with Gasteiger partial charge in [-0.15, -0.1) is 0 Å². The largest absolute Gasteiger partial charge is 0.372 e. The SMILES string of the molecule is c1cc2c(cc1CC1CNCCN1Cc1ccc3c(c1)COC3)COC2. The van der Waals surface area contributed by atoms with Crippen molar-refractivity contribution in [1.82, 2.24) is 10.2 Å². The van der Waals surface area contributed by atoms with Crippen LogP contribution >= 0.6 is 0 Å². The number of benzene rings is 2. The quantitative estimate of drug-likeness (QED) is 0.919. The van der Waals surface area contributed by atoms with Gasteiger partial charge in [0.15, 0.2) is 0 Å². The van der Waals surface area contributed by atoms with Gasteiger partial charge in [-0.25, -0.2) is 0 Å². The van der Waals surface area contributed by atoms with Crippen molar-refractivity contribution in [1.29, 1.82) is 0 Å². The maximum absolute atomic E-state index is 5.56. The highest BCUT2D eigenvalue weighted by molar-refractivity contribution is 5.34. The summed E-state index contributed by atoms with van der Waals surface area (Å²) < 4.78 is 11.1. The van der Waals surface area contributed by atoms with E-state index in [1.165, 1.54) is 33.4 Å². The summed E-state index contributed by atoms with van der Waals surface area (Å²) in [7, 11) is 0. The van der Waals surface area contributed by atoms with E-state index in [1.807, 2.05) is 0 Å². The predicted molar refractivity (Wildman–Crippen MR) is 101 cm³/mol. The van der Waals surface area contributed by atoms with Crippen LogP contribution in [0.4, 0.5) is 0 Å². The van der Waals surface area contributed by atoms with Gasteiger partial charge in [0.1, 0.15) is 0 Å². The number of piperazine rings is 1. The highest BCUT2D eigenvalue weighted by atomic mass is 16.5. The van der Waals surface area contributed by atoms with E-state index in [0.717, 1.165) is 59.0 Å². The van der Waals surface area contributed by atoms with E-state index < -0.39 is 0 Å². The Balaban J connectivity index is 1.31. The smallest absolute Gasteiger partial charge is 0.0725 e. The average Bonchev–Trinajstić information content (AvgIpc) is 3.31. The zero-order valence-corrected chi connectivity index (χ0v) is 15.2. The van der Waals surface area contributed by atoms with Crippen LogP contribution in [-0.4, -0.2) is 30.6 Å². The van der Waals surface area contributed by atoms with E-state index in [9.17, 15) is 0 Å². The van der Waals surface area contributed by atoms with Gasteiger partial charge in [0.05, 0.1) is 26.4 Å². The zero-order valence-electron chi connectivity index (χ0n) is 15.2. The summed E-state index contributed by atoms with van der Waals surface area (Å²) in [5.74, 6) is 0. The number of nitrogens with one attached hydrogen (secondary N) is 1. The lowest BCUT2D eigenvalue weighted by Gasteiger charge is -2.36. The monoisotopic (exact) mass is 350 g/mol. The Hall–Kier alpha value is -1.72. The topological polar surface area (TPSA) is 33.7 Å². The van der Waals surface area contributed by atoms with Crippen molar-refractivity contribution in [2.24, 2.45) is 0 Å². The maximum Gasteiger partial charge on any atom is 0.0725 e. The molecule has 1 fully saturated rings. The molecule has 3 aliphatic heterocycles. The van der Waals surface area contributed by atoms with Crippen molar-refractivity contribution in [3.8, 4) is 0 Å². The molecule has 1 unspecified atom stereocenters. The minimum atomic E-state index is 0.536. The Labute approximate surface area is 155 Å². The summed E-state index contributed by atoms with van der Waals surface area (Å²) in [6.07, 6.45) is 1.09. The van der Waals surface area contributed by atoms with E-state index in [4.69, 9.17) is 9.47 Å². The van der Waals surface area contributed by atoms with Crippen LogP contribution in [0.3, 0.4) is 0 Å². The number of nitrogens with zero attached hydrogens (tertiary/aromatic N) is 1. The van der Waals surface area contributed by atoms with Crippen LogP contribution in [0.2, 0.25) is 0 Å². The van der Waals surface area contributed by atoms with Crippen LogP contribution in [0, 0.1) is 0 Å². The van der Waals surface area contributed by atoms with Crippen molar-refractivity contribution in [2.75, 3.05) is 19.6 Å². The van der Waals surface area contributed by atoms with E-state index in [2.05, 4.69) is 46.6 Å².